The first-order chi connectivity index (χ1) is 8.65. The zero-order valence-corrected chi connectivity index (χ0v) is 9.33. The van der Waals surface area contributed by atoms with E-state index in [1.807, 2.05) is 0 Å². The van der Waals surface area contributed by atoms with Gasteiger partial charge in [0.2, 0.25) is 5.91 Å². The smallest absolute Gasteiger partial charge is 0.338 e. The molecule has 0 aliphatic carbocycles. The van der Waals surface area contributed by atoms with Gasteiger partial charge in [0.05, 0.1) is 24.0 Å². The van der Waals surface area contributed by atoms with Crippen molar-refractivity contribution in [3.8, 4) is 0 Å². The predicted molar refractivity (Wildman–Crippen MR) is 59.6 cm³/mol. The molecule has 0 aliphatic rings. The van der Waals surface area contributed by atoms with Crippen LogP contribution in [0.25, 0.3) is 0 Å². The highest BCUT2D eigenvalue weighted by Crippen LogP contribution is 1.97. The van der Waals surface area contributed by atoms with Crippen molar-refractivity contribution in [3.05, 3.63) is 35.9 Å². The van der Waals surface area contributed by atoms with Crippen LogP contribution in [0.2, 0.25) is 0 Å². The van der Waals surface area contributed by atoms with E-state index in [1.165, 1.54) is 17.1 Å². The van der Waals surface area contributed by atoms with Crippen molar-refractivity contribution >= 4 is 11.9 Å². The highest BCUT2D eigenvalue weighted by Gasteiger charge is 2.08. The van der Waals surface area contributed by atoms with Crippen LogP contribution in [0.5, 0.6) is 0 Å². The van der Waals surface area contributed by atoms with Crippen LogP contribution in [0.15, 0.2) is 24.7 Å². The minimum Gasteiger partial charge on any atom is -0.478 e. The number of carbonyl (C=O) groups is 2. The number of hydrogen-bond donors (Lipinski definition) is 3. The number of rotatable bonds is 5. The molecule has 3 N–H and O–H groups in total. The van der Waals surface area contributed by atoms with Gasteiger partial charge in [-0.2, -0.15) is 10.2 Å². The average molecular weight is 249 g/mol. The van der Waals surface area contributed by atoms with Crippen LogP contribution >= 0.6 is 0 Å². The molecule has 0 saturated carbocycles. The van der Waals surface area contributed by atoms with Crippen LogP contribution in [0.1, 0.15) is 16.1 Å². The summed E-state index contributed by atoms with van der Waals surface area (Å²) in [4.78, 5) is 22.1. The predicted octanol–water partition coefficient (Wildman–Crippen LogP) is -0.379. The maximum atomic E-state index is 11.5. The van der Waals surface area contributed by atoms with Gasteiger partial charge >= 0.3 is 5.97 Å². The van der Waals surface area contributed by atoms with Crippen LogP contribution in [0.3, 0.4) is 0 Å². The molecule has 0 aliphatic heterocycles. The molecule has 0 saturated heterocycles. The minimum absolute atomic E-state index is 0.0264. The van der Waals surface area contributed by atoms with Crippen molar-refractivity contribution in [2.75, 3.05) is 0 Å². The minimum atomic E-state index is -1.07. The third-order valence-corrected chi connectivity index (χ3v) is 2.22. The Labute approximate surface area is 102 Å². The molecule has 2 heterocycles. The van der Waals surface area contributed by atoms with E-state index in [1.54, 1.807) is 12.3 Å². The van der Waals surface area contributed by atoms with Gasteiger partial charge in [0.25, 0.3) is 0 Å². The average Bonchev–Trinajstić information content (AvgIpc) is 2.96. The van der Waals surface area contributed by atoms with Gasteiger partial charge in [-0.3, -0.25) is 14.6 Å². The fourth-order valence-electron chi connectivity index (χ4n) is 1.34. The molecule has 8 heteroatoms. The number of H-pyrrole nitrogens is 1. The first-order valence-corrected chi connectivity index (χ1v) is 5.16. The lowest BCUT2D eigenvalue weighted by Gasteiger charge is -2.03. The largest absolute Gasteiger partial charge is 0.478 e. The highest BCUT2D eigenvalue weighted by molar-refractivity contribution is 5.87. The Kier molecular flexibility index (Phi) is 3.37. The molecule has 94 valence electrons. The number of aromatic carboxylic acids is 1. The van der Waals surface area contributed by atoms with E-state index >= 15 is 0 Å². The lowest BCUT2D eigenvalue weighted by Crippen LogP contribution is -2.27. The quantitative estimate of drug-likeness (QED) is 0.668. The first kappa shape index (κ1) is 11.8. The SMILES string of the molecule is O=C(Cn1cc(C(=O)O)cn1)NCc1ccn[nH]1. The molecule has 0 fully saturated rings. The van der Waals surface area contributed by atoms with Crippen molar-refractivity contribution < 1.29 is 14.7 Å². The number of aromatic nitrogens is 4. The van der Waals surface area contributed by atoms with Crippen LogP contribution in [0, 0.1) is 0 Å². The maximum Gasteiger partial charge on any atom is 0.338 e. The number of aromatic amines is 1. The lowest BCUT2D eigenvalue weighted by molar-refractivity contribution is -0.122. The van der Waals surface area contributed by atoms with E-state index in [0.717, 1.165) is 5.69 Å². The molecule has 0 radical (unpaired) electrons. The number of carboxylic acid groups (broad SMARTS) is 1. The van der Waals surface area contributed by atoms with Crippen LogP contribution < -0.4 is 5.32 Å². The summed E-state index contributed by atoms with van der Waals surface area (Å²) in [5, 5.41) is 21.6. The summed E-state index contributed by atoms with van der Waals surface area (Å²) in [7, 11) is 0. The van der Waals surface area contributed by atoms with E-state index in [9.17, 15) is 9.59 Å². The van der Waals surface area contributed by atoms with Gasteiger partial charge in [0.1, 0.15) is 6.54 Å². The maximum absolute atomic E-state index is 11.5. The van der Waals surface area contributed by atoms with E-state index in [-0.39, 0.29) is 18.0 Å². The first-order valence-electron chi connectivity index (χ1n) is 5.16. The summed E-state index contributed by atoms with van der Waals surface area (Å²) in [6.45, 7) is 0.313. The molecular weight excluding hydrogens is 238 g/mol. The van der Waals surface area contributed by atoms with Gasteiger partial charge in [0.15, 0.2) is 0 Å². The fraction of sp³-hybridized carbons (Fsp3) is 0.200. The van der Waals surface area contributed by atoms with Crippen molar-refractivity contribution in [3.63, 3.8) is 0 Å². The van der Waals surface area contributed by atoms with Crippen molar-refractivity contribution in [2.24, 2.45) is 0 Å². The van der Waals surface area contributed by atoms with E-state index < -0.39 is 5.97 Å². The zero-order chi connectivity index (χ0) is 13.0. The highest BCUT2D eigenvalue weighted by atomic mass is 16.4. The second-order valence-electron chi connectivity index (χ2n) is 3.59. The molecule has 2 rings (SSSR count). The Bertz CT molecular complexity index is 546. The Balaban J connectivity index is 1.85. The van der Waals surface area contributed by atoms with Gasteiger partial charge in [-0.25, -0.2) is 4.79 Å². The zero-order valence-electron chi connectivity index (χ0n) is 9.33. The number of carboxylic acids is 1. The summed E-state index contributed by atoms with van der Waals surface area (Å²) < 4.78 is 1.27. The standard InChI is InChI=1S/C10H11N5O3/c16-9(11-4-8-1-2-12-14-8)6-15-5-7(3-13-15)10(17)18/h1-3,5H,4,6H2,(H,11,16)(H,12,14)(H,17,18). The molecule has 0 spiro atoms. The molecule has 0 bridgehead atoms. The Morgan fingerprint density at radius 3 is 2.94 bits per heavy atom. The normalized spacial score (nSPS) is 10.2. The molecule has 0 aromatic carbocycles. The number of amides is 1. The molecular formula is C10H11N5O3. The molecule has 2 aromatic rings. The molecule has 1 amide bonds. The molecule has 2 aromatic heterocycles. The number of nitrogens with one attached hydrogen (secondary N) is 2. The third-order valence-electron chi connectivity index (χ3n) is 2.22. The molecule has 18 heavy (non-hydrogen) atoms. The third kappa shape index (κ3) is 2.94. The topological polar surface area (TPSA) is 113 Å². The van der Waals surface area contributed by atoms with Crippen molar-refractivity contribution in [1.82, 2.24) is 25.3 Å². The molecule has 0 atom stereocenters. The Hall–Kier alpha value is -2.64. The van der Waals surface area contributed by atoms with Crippen LogP contribution in [-0.2, 0) is 17.9 Å². The fourth-order valence-corrected chi connectivity index (χ4v) is 1.34. The van der Waals surface area contributed by atoms with Gasteiger partial charge in [-0.1, -0.05) is 0 Å². The van der Waals surface area contributed by atoms with E-state index in [0.29, 0.717) is 6.54 Å². The summed E-state index contributed by atoms with van der Waals surface area (Å²) >= 11 is 0. The number of nitrogens with zero attached hydrogens (tertiary/aromatic N) is 3. The summed E-state index contributed by atoms with van der Waals surface area (Å²) in [6.07, 6.45) is 4.09. The van der Waals surface area contributed by atoms with E-state index in [2.05, 4.69) is 20.6 Å². The van der Waals surface area contributed by atoms with Gasteiger partial charge in [0, 0.05) is 12.4 Å². The van der Waals surface area contributed by atoms with Gasteiger partial charge < -0.3 is 10.4 Å². The number of carbonyl (C=O) groups excluding carboxylic acids is 1. The van der Waals surface area contributed by atoms with Crippen molar-refractivity contribution in [1.29, 1.82) is 0 Å². The Morgan fingerprint density at radius 2 is 2.33 bits per heavy atom. The summed E-state index contributed by atoms with van der Waals surface area (Å²) in [5.41, 5.74) is 0.839. The second-order valence-corrected chi connectivity index (χ2v) is 3.59. The lowest BCUT2D eigenvalue weighted by atomic mass is 10.4. The summed E-state index contributed by atoms with van der Waals surface area (Å²) in [6, 6.07) is 1.75. The monoisotopic (exact) mass is 249 g/mol. The van der Waals surface area contributed by atoms with Crippen LogP contribution in [0.4, 0.5) is 0 Å². The van der Waals surface area contributed by atoms with Crippen LogP contribution in [-0.4, -0.2) is 37.0 Å². The summed E-state index contributed by atoms with van der Waals surface area (Å²) in [5.74, 6) is -1.33. The van der Waals surface area contributed by atoms with E-state index in [4.69, 9.17) is 5.11 Å². The molecule has 8 nitrogen and oxygen atoms in total. The molecule has 0 unspecified atom stereocenters. The Morgan fingerprint density at radius 1 is 1.50 bits per heavy atom. The van der Waals surface area contributed by atoms with Gasteiger partial charge in [-0.05, 0) is 6.07 Å². The van der Waals surface area contributed by atoms with Gasteiger partial charge in [-0.15, -0.1) is 0 Å². The second kappa shape index (κ2) is 5.13. The van der Waals surface area contributed by atoms with Crippen molar-refractivity contribution in [2.45, 2.75) is 13.1 Å². The number of hydrogen-bond acceptors (Lipinski definition) is 4.